The standard InChI is InChI=1S/C16H26N2O2/c1-5-12(3)18-16(19)11-17-14-8-7-9-15(10-14)20-13(4)6-2/h7-10,12-13,17H,5-6,11H2,1-4H3,(H,18,19). The minimum atomic E-state index is 0.00703. The Morgan fingerprint density at radius 2 is 2.00 bits per heavy atom. The highest BCUT2D eigenvalue weighted by Crippen LogP contribution is 2.18. The summed E-state index contributed by atoms with van der Waals surface area (Å²) in [7, 11) is 0. The molecule has 0 fully saturated rings. The van der Waals surface area contributed by atoms with Gasteiger partial charge in [0, 0.05) is 17.8 Å². The van der Waals surface area contributed by atoms with E-state index >= 15 is 0 Å². The monoisotopic (exact) mass is 278 g/mol. The second-order valence-corrected chi connectivity index (χ2v) is 5.09. The third kappa shape index (κ3) is 5.95. The van der Waals surface area contributed by atoms with Gasteiger partial charge in [0.2, 0.25) is 5.91 Å². The molecule has 2 atom stereocenters. The predicted octanol–water partition coefficient (Wildman–Crippen LogP) is 3.19. The van der Waals surface area contributed by atoms with Crippen molar-refractivity contribution in [1.82, 2.24) is 5.32 Å². The number of rotatable bonds is 8. The van der Waals surface area contributed by atoms with E-state index in [2.05, 4.69) is 17.6 Å². The molecule has 0 aliphatic rings. The highest BCUT2D eigenvalue weighted by molar-refractivity contribution is 5.81. The van der Waals surface area contributed by atoms with E-state index in [4.69, 9.17) is 4.74 Å². The molecule has 0 saturated heterocycles. The number of nitrogens with one attached hydrogen (secondary N) is 2. The molecule has 1 aromatic rings. The van der Waals surface area contributed by atoms with Gasteiger partial charge < -0.3 is 15.4 Å². The van der Waals surface area contributed by atoms with Crippen LogP contribution in [0, 0.1) is 0 Å². The first-order valence-electron chi connectivity index (χ1n) is 7.35. The number of ether oxygens (including phenoxy) is 1. The van der Waals surface area contributed by atoms with Crippen LogP contribution >= 0.6 is 0 Å². The van der Waals surface area contributed by atoms with Crippen molar-refractivity contribution in [2.24, 2.45) is 0 Å². The maximum atomic E-state index is 11.7. The summed E-state index contributed by atoms with van der Waals surface area (Å²) in [6, 6.07) is 7.91. The summed E-state index contributed by atoms with van der Waals surface area (Å²) in [5.74, 6) is 0.833. The summed E-state index contributed by atoms with van der Waals surface area (Å²) in [6.45, 7) is 8.45. The average molecular weight is 278 g/mol. The number of benzene rings is 1. The molecule has 1 rings (SSSR count). The van der Waals surface area contributed by atoms with Crippen LogP contribution in [0.25, 0.3) is 0 Å². The maximum absolute atomic E-state index is 11.7. The number of carbonyl (C=O) groups excluding carboxylic acids is 1. The molecule has 0 radical (unpaired) electrons. The van der Waals surface area contributed by atoms with Gasteiger partial charge in [-0.3, -0.25) is 4.79 Å². The molecule has 0 spiro atoms. The molecule has 1 amide bonds. The van der Waals surface area contributed by atoms with Gasteiger partial charge in [0.05, 0.1) is 12.6 Å². The molecule has 0 saturated carbocycles. The summed E-state index contributed by atoms with van der Waals surface area (Å²) in [6.07, 6.45) is 2.10. The minimum Gasteiger partial charge on any atom is -0.491 e. The highest BCUT2D eigenvalue weighted by atomic mass is 16.5. The van der Waals surface area contributed by atoms with Gasteiger partial charge >= 0.3 is 0 Å². The molecule has 20 heavy (non-hydrogen) atoms. The molecule has 0 aliphatic heterocycles. The van der Waals surface area contributed by atoms with E-state index in [1.165, 1.54) is 0 Å². The third-order valence-corrected chi connectivity index (χ3v) is 3.22. The highest BCUT2D eigenvalue weighted by Gasteiger charge is 2.06. The Kier molecular flexibility index (Phi) is 6.91. The molecule has 0 bridgehead atoms. The molecular formula is C16H26N2O2. The van der Waals surface area contributed by atoms with Crippen LogP contribution in [0.5, 0.6) is 5.75 Å². The first-order valence-corrected chi connectivity index (χ1v) is 7.35. The first-order chi connectivity index (χ1) is 9.55. The summed E-state index contributed by atoms with van der Waals surface area (Å²) >= 11 is 0. The molecular weight excluding hydrogens is 252 g/mol. The van der Waals surface area contributed by atoms with Crippen molar-refractivity contribution in [3.63, 3.8) is 0 Å². The van der Waals surface area contributed by atoms with Crippen molar-refractivity contribution in [3.05, 3.63) is 24.3 Å². The maximum Gasteiger partial charge on any atom is 0.239 e. The van der Waals surface area contributed by atoms with E-state index in [0.717, 1.165) is 24.3 Å². The number of hydrogen-bond acceptors (Lipinski definition) is 3. The van der Waals surface area contributed by atoms with Gasteiger partial charge in [-0.15, -0.1) is 0 Å². The molecule has 2 unspecified atom stereocenters. The molecule has 112 valence electrons. The average Bonchev–Trinajstić information content (AvgIpc) is 2.45. The van der Waals surface area contributed by atoms with Crippen molar-refractivity contribution in [2.75, 3.05) is 11.9 Å². The summed E-state index contributed by atoms with van der Waals surface area (Å²) in [5, 5.41) is 6.04. The molecule has 2 N–H and O–H groups in total. The van der Waals surface area contributed by atoms with Crippen LogP contribution in [0.3, 0.4) is 0 Å². The Morgan fingerprint density at radius 1 is 1.25 bits per heavy atom. The lowest BCUT2D eigenvalue weighted by Crippen LogP contribution is -2.36. The molecule has 0 aliphatic carbocycles. The van der Waals surface area contributed by atoms with Crippen LogP contribution < -0.4 is 15.4 Å². The Bertz CT molecular complexity index is 421. The van der Waals surface area contributed by atoms with Crippen molar-refractivity contribution in [1.29, 1.82) is 0 Å². The van der Waals surface area contributed by atoms with E-state index in [1.807, 2.05) is 45.0 Å². The van der Waals surface area contributed by atoms with Crippen LogP contribution in [0.2, 0.25) is 0 Å². The fourth-order valence-corrected chi connectivity index (χ4v) is 1.61. The van der Waals surface area contributed by atoms with Crippen molar-refractivity contribution < 1.29 is 9.53 Å². The van der Waals surface area contributed by atoms with Gasteiger partial charge in [-0.1, -0.05) is 19.9 Å². The normalized spacial score (nSPS) is 13.4. The fraction of sp³-hybridized carbons (Fsp3) is 0.562. The van der Waals surface area contributed by atoms with E-state index in [0.29, 0.717) is 0 Å². The van der Waals surface area contributed by atoms with Crippen LogP contribution in [0.1, 0.15) is 40.5 Å². The Hall–Kier alpha value is -1.71. The van der Waals surface area contributed by atoms with Crippen molar-refractivity contribution in [2.45, 2.75) is 52.7 Å². The number of amides is 1. The number of anilines is 1. The zero-order chi connectivity index (χ0) is 15.0. The van der Waals surface area contributed by atoms with Crippen molar-refractivity contribution in [3.8, 4) is 5.75 Å². The van der Waals surface area contributed by atoms with E-state index < -0.39 is 0 Å². The summed E-state index contributed by atoms with van der Waals surface area (Å²) < 4.78 is 5.75. The van der Waals surface area contributed by atoms with Gasteiger partial charge in [-0.2, -0.15) is 0 Å². The van der Waals surface area contributed by atoms with Crippen LogP contribution in [0.4, 0.5) is 5.69 Å². The molecule has 0 aromatic heterocycles. The van der Waals surface area contributed by atoms with Crippen LogP contribution in [-0.4, -0.2) is 24.6 Å². The largest absolute Gasteiger partial charge is 0.491 e. The first kappa shape index (κ1) is 16.3. The second kappa shape index (κ2) is 8.46. The fourth-order valence-electron chi connectivity index (χ4n) is 1.61. The van der Waals surface area contributed by atoms with Crippen molar-refractivity contribution >= 4 is 11.6 Å². The zero-order valence-corrected chi connectivity index (χ0v) is 12.9. The van der Waals surface area contributed by atoms with Gasteiger partial charge in [0.25, 0.3) is 0 Å². The van der Waals surface area contributed by atoms with Crippen LogP contribution in [-0.2, 0) is 4.79 Å². The lowest BCUT2D eigenvalue weighted by molar-refractivity contribution is -0.120. The Labute approximate surface area is 121 Å². The smallest absolute Gasteiger partial charge is 0.239 e. The van der Waals surface area contributed by atoms with Gasteiger partial charge in [-0.05, 0) is 38.8 Å². The topological polar surface area (TPSA) is 50.4 Å². The number of hydrogen-bond donors (Lipinski definition) is 2. The molecule has 0 heterocycles. The predicted molar refractivity (Wildman–Crippen MR) is 83.2 cm³/mol. The lowest BCUT2D eigenvalue weighted by atomic mass is 10.2. The molecule has 1 aromatic carbocycles. The third-order valence-electron chi connectivity index (χ3n) is 3.22. The Morgan fingerprint density at radius 3 is 2.65 bits per heavy atom. The van der Waals surface area contributed by atoms with Gasteiger partial charge in [0.15, 0.2) is 0 Å². The zero-order valence-electron chi connectivity index (χ0n) is 12.9. The van der Waals surface area contributed by atoms with E-state index in [9.17, 15) is 4.79 Å². The SMILES string of the molecule is CCC(C)NC(=O)CNc1cccc(OC(C)CC)c1. The lowest BCUT2D eigenvalue weighted by Gasteiger charge is -2.15. The summed E-state index contributed by atoms with van der Waals surface area (Å²) in [4.78, 5) is 11.7. The molecule has 4 nitrogen and oxygen atoms in total. The summed E-state index contributed by atoms with van der Waals surface area (Å²) in [5.41, 5.74) is 0.894. The quantitative estimate of drug-likeness (QED) is 0.768. The minimum absolute atomic E-state index is 0.00703. The van der Waals surface area contributed by atoms with E-state index in [-0.39, 0.29) is 24.6 Å². The Balaban J connectivity index is 2.48. The molecule has 4 heteroatoms. The van der Waals surface area contributed by atoms with E-state index in [1.54, 1.807) is 0 Å². The van der Waals surface area contributed by atoms with Gasteiger partial charge in [-0.25, -0.2) is 0 Å². The van der Waals surface area contributed by atoms with Crippen LogP contribution in [0.15, 0.2) is 24.3 Å². The second-order valence-electron chi connectivity index (χ2n) is 5.09. The van der Waals surface area contributed by atoms with Gasteiger partial charge in [0.1, 0.15) is 5.75 Å². The number of carbonyl (C=O) groups is 1.